The van der Waals surface area contributed by atoms with Gasteiger partial charge in [-0.1, -0.05) is 18.2 Å². The van der Waals surface area contributed by atoms with Crippen molar-refractivity contribution in [2.45, 2.75) is 4.90 Å². The van der Waals surface area contributed by atoms with Gasteiger partial charge in [-0.3, -0.25) is 4.79 Å². The fraction of sp³-hybridized carbons (Fsp3) is 0. The maximum absolute atomic E-state index is 11.4. The van der Waals surface area contributed by atoms with E-state index in [2.05, 4.69) is 9.71 Å². The van der Waals surface area contributed by atoms with Crippen LogP contribution >= 0.6 is 11.9 Å². The molecule has 112 valence electrons. The van der Waals surface area contributed by atoms with E-state index in [1.165, 1.54) is 24.1 Å². The molecule has 0 radical (unpaired) electrons. The Labute approximate surface area is 136 Å². The van der Waals surface area contributed by atoms with Crippen LogP contribution in [0, 0.1) is 0 Å². The summed E-state index contributed by atoms with van der Waals surface area (Å²) in [7, 11) is 0. The van der Waals surface area contributed by atoms with Gasteiger partial charge in [-0.05, 0) is 48.3 Å². The first-order valence-corrected chi connectivity index (χ1v) is 7.92. The first-order valence-electron chi connectivity index (χ1n) is 7.10. The third kappa shape index (κ3) is 2.91. The second kappa shape index (κ2) is 5.78. The highest BCUT2D eigenvalue weighted by Crippen LogP contribution is 2.27. The molecule has 0 saturated heterocycles. The summed E-state index contributed by atoms with van der Waals surface area (Å²) in [6.45, 7) is 0. The van der Waals surface area contributed by atoms with E-state index in [-0.39, 0.29) is 5.43 Å². The van der Waals surface area contributed by atoms with E-state index in [0.717, 1.165) is 16.1 Å². The van der Waals surface area contributed by atoms with E-state index in [0.29, 0.717) is 17.0 Å². The number of hydrogen-bond acceptors (Lipinski definition) is 5. The fourth-order valence-corrected chi connectivity index (χ4v) is 2.93. The average Bonchev–Trinajstić information content (AvgIpc) is 2.59. The van der Waals surface area contributed by atoms with E-state index in [9.17, 15) is 4.79 Å². The Bertz CT molecular complexity index is 998. The van der Waals surface area contributed by atoms with Gasteiger partial charge in [-0.2, -0.15) is 0 Å². The van der Waals surface area contributed by atoms with Gasteiger partial charge in [0.05, 0.1) is 0 Å². The van der Waals surface area contributed by atoms with E-state index < -0.39 is 0 Å². The van der Waals surface area contributed by atoms with Crippen molar-refractivity contribution in [2.75, 3.05) is 4.72 Å². The minimum atomic E-state index is -0.0867. The van der Waals surface area contributed by atoms with Crippen molar-refractivity contribution in [3.05, 3.63) is 77.0 Å². The Kier molecular flexibility index (Phi) is 3.48. The Morgan fingerprint density at radius 2 is 1.83 bits per heavy atom. The molecule has 2 aromatic carbocycles. The van der Waals surface area contributed by atoms with Crippen LogP contribution in [0.4, 0.5) is 5.69 Å². The van der Waals surface area contributed by atoms with Crippen LogP contribution in [0.2, 0.25) is 0 Å². The van der Waals surface area contributed by atoms with Crippen molar-refractivity contribution < 1.29 is 4.42 Å². The van der Waals surface area contributed by atoms with Gasteiger partial charge in [0.2, 0.25) is 0 Å². The quantitative estimate of drug-likeness (QED) is 0.447. The molecule has 0 atom stereocenters. The molecule has 2 aromatic rings. The van der Waals surface area contributed by atoms with Crippen LogP contribution in [0.25, 0.3) is 22.6 Å². The summed E-state index contributed by atoms with van der Waals surface area (Å²) in [6, 6.07) is 20.4. The highest BCUT2D eigenvalue weighted by atomic mass is 32.2. The molecule has 0 amide bonds. The number of hydrogen-bond donors (Lipinski definition) is 1. The third-order valence-corrected chi connectivity index (χ3v) is 4.23. The highest BCUT2D eigenvalue weighted by molar-refractivity contribution is 8.00. The van der Waals surface area contributed by atoms with Crippen LogP contribution < -0.4 is 10.2 Å². The molecule has 0 unspecified atom stereocenters. The maximum atomic E-state index is 11.4. The predicted molar refractivity (Wildman–Crippen MR) is 92.8 cm³/mol. The van der Waals surface area contributed by atoms with E-state index in [1.807, 2.05) is 48.5 Å². The summed E-state index contributed by atoms with van der Waals surface area (Å²) < 4.78 is 9.09. The summed E-state index contributed by atoms with van der Waals surface area (Å²) in [4.78, 5) is 17.1. The van der Waals surface area contributed by atoms with Gasteiger partial charge in [0, 0.05) is 22.7 Å². The molecular weight excluding hydrogens is 308 g/mol. The lowest BCUT2D eigenvalue weighted by atomic mass is 10.2. The molecule has 1 heterocycles. The number of aromatic nitrogens is 1. The van der Waals surface area contributed by atoms with E-state index in [1.54, 1.807) is 6.07 Å². The van der Waals surface area contributed by atoms with E-state index >= 15 is 0 Å². The van der Waals surface area contributed by atoms with Gasteiger partial charge < -0.3 is 9.14 Å². The van der Waals surface area contributed by atoms with Gasteiger partial charge in [0.15, 0.2) is 16.8 Å². The number of nitrogens with zero attached hydrogens (tertiary/aromatic N) is 1. The Morgan fingerprint density at radius 3 is 2.70 bits per heavy atom. The minimum Gasteiger partial charge on any atom is -0.453 e. The molecule has 1 aliphatic heterocycles. The van der Waals surface area contributed by atoms with E-state index in [4.69, 9.17) is 4.42 Å². The van der Waals surface area contributed by atoms with Gasteiger partial charge in [0.25, 0.3) is 0 Å². The smallest absolute Gasteiger partial charge is 0.182 e. The Balaban J connectivity index is 1.68. The molecule has 1 aliphatic carbocycles. The van der Waals surface area contributed by atoms with Gasteiger partial charge in [-0.25, -0.2) is 4.98 Å². The molecule has 0 bridgehead atoms. The molecule has 0 aromatic heterocycles. The number of rotatable bonds is 3. The monoisotopic (exact) mass is 320 g/mol. The Morgan fingerprint density at radius 1 is 0.957 bits per heavy atom. The van der Waals surface area contributed by atoms with Crippen molar-refractivity contribution in [3.63, 3.8) is 0 Å². The molecule has 0 fully saturated rings. The molecule has 1 N–H and O–H groups in total. The van der Waals surface area contributed by atoms with Crippen LogP contribution in [-0.2, 0) is 0 Å². The molecular formula is C18H12N2O2S. The number of benzene rings is 3. The van der Waals surface area contributed by atoms with Gasteiger partial charge in [-0.15, -0.1) is 0 Å². The van der Waals surface area contributed by atoms with Crippen molar-refractivity contribution in [3.8, 4) is 11.5 Å². The van der Waals surface area contributed by atoms with Crippen LogP contribution in [0.5, 0.6) is 0 Å². The van der Waals surface area contributed by atoms with Crippen LogP contribution in [-0.4, -0.2) is 4.98 Å². The molecule has 5 heteroatoms. The van der Waals surface area contributed by atoms with Crippen molar-refractivity contribution in [1.82, 2.24) is 4.98 Å². The average molecular weight is 320 g/mol. The number of fused-ring (bicyclic) bond motifs is 2. The lowest BCUT2D eigenvalue weighted by Crippen LogP contribution is -1.99. The number of nitrogens with one attached hydrogen (secondary N) is 1. The SMILES string of the molecule is O=c1ccc2nc3ccc(NSc4ccccc4)cc3oc-2c1. The number of anilines is 1. The second-order valence-corrected chi connectivity index (χ2v) is 5.92. The maximum Gasteiger partial charge on any atom is 0.182 e. The zero-order chi connectivity index (χ0) is 15.6. The molecule has 4 nitrogen and oxygen atoms in total. The van der Waals surface area contributed by atoms with Crippen molar-refractivity contribution in [2.24, 2.45) is 0 Å². The second-order valence-electron chi connectivity index (χ2n) is 5.04. The molecule has 23 heavy (non-hydrogen) atoms. The van der Waals surface area contributed by atoms with Gasteiger partial charge in [0.1, 0.15) is 11.2 Å². The molecule has 4 rings (SSSR count). The zero-order valence-electron chi connectivity index (χ0n) is 12.0. The summed E-state index contributed by atoms with van der Waals surface area (Å²) in [5.74, 6) is 0.498. The van der Waals surface area contributed by atoms with Crippen LogP contribution in [0.1, 0.15) is 0 Å². The standard InChI is InChI=1S/C18H12N2O2S/c21-13-7-9-16-18(11-13)22-17-10-12(6-8-15(17)19-16)20-23-14-4-2-1-3-5-14/h1-11,20H. The summed E-state index contributed by atoms with van der Waals surface area (Å²) >= 11 is 1.53. The van der Waals surface area contributed by atoms with Crippen molar-refractivity contribution >= 4 is 28.7 Å². The summed E-state index contributed by atoms with van der Waals surface area (Å²) in [5, 5.41) is 0. The summed E-state index contributed by atoms with van der Waals surface area (Å²) in [6.07, 6.45) is 0. The zero-order valence-corrected chi connectivity index (χ0v) is 12.8. The predicted octanol–water partition coefficient (Wildman–Crippen LogP) is 4.41. The van der Waals surface area contributed by atoms with Crippen LogP contribution in [0.15, 0.2) is 80.8 Å². The van der Waals surface area contributed by atoms with Crippen molar-refractivity contribution in [1.29, 1.82) is 0 Å². The topological polar surface area (TPSA) is 55.1 Å². The third-order valence-electron chi connectivity index (χ3n) is 3.38. The normalized spacial score (nSPS) is 11.0. The lowest BCUT2D eigenvalue weighted by Gasteiger charge is -2.08. The molecule has 2 aliphatic rings. The largest absolute Gasteiger partial charge is 0.453 e. The lowest BCUT2D eigenvalue weighted by molar-refractivity contribution is 0.612. The first kappa shape index (κ1) is 13.8. The minimum absolute atomic E-state index is 0.0867. The molecule has 0 spiro atoms. The first-order chi connectivity index (χ1) is 11.3. The Hall–Kier alpha value is -2.79. The highest BCUT2D eigenvalue weighted by Gasteiger charge is 2.09. The molecule has 0 saturated carbocycles. The van der Waals surface area contributed by atoms with Gasteiger partial charge >= 0.3 is 0 Å². The summed E-state index contributed by atoms with van der Waals surface area (Å²) in [5.41, 5.74) is 2.90. The van der Waals surface area contributed by atoms with Crippen LogP contribution in [0.3, 0.4) is 0 Å². The fourth-order valence-electron chi connectivity index (χ4n) is 2.27.